The van der Waals surface area contributed by atoms with Gasteiger partial charge in [0.25, 0.3) is 5.88 Å². The summed E-state index contributed by atoms with van der Waals surface area (Å²) in [6, 6.07) is 0. The summed E-state index contributed by atoms with van der Waals surface area (Å²) in [5.74, 6) is -0.601. The fraction of sp³-hybridized carbons (Fsp3) is 0.167. The van der Waals surface area contributed by atoms with Gasteiger partial charge in [-0.05, 0) is 0 Å². The monoisotopic (exact) mass is 201 g/mol. The number of halogens is 2. The van der Waals surface area contributed by atoms with Crippen molar-refractivity contribution >= 4 is 17.0 Å². The zero-order valence-electron chi connectivity index (χ0n) is 6.74. The van der Waals surface area contributed by atoms with Crippen LogP contribution >= 0.6 is 0 Å². The minimum Gasteiger partial charge on any atom is -0.413 e. The summed E-state index contributed by atoms with van der Waals surface area (Å²) in [4.78, 5) is 7.42. The third kappa shape index (κ3) is 1.41. The van der Waals surface area contributed by atoms with Crippen molar-refractivity contribution in [1.82, 2.24) is 20.2 Å². The van der Waals surface area contributed by atoms with Gasteiger partial charge in [0.1, 0.15) is 5.52 Å². The molecule has 2 rings (SSSR count). The van der Waals surface area contributed by atoms with E-state index >= 15 is 0 Å². The molecule has 0 fully saturated rings. The SMILES string of the molecule is Nc1nc2[nH]ncc2nc1OC(F)F. The zero-order valence-corrected chi connectivity index (χ0v) is 6.74. The van der Waals surface area contributed by atoms with E-state index in [1.807, 2.05) is 0 Å². The van der Waals surface area contributed by atoms with Crippen LogP contribution < -0.4 is 10.5 Å². The van der Waals surface area contributed by atoms with Crippen LogP contribution in [0.3, 0.4) is 0 Å². The molecule has 0 spiro atoms. The van der Waals surface area contributed by atoms with Crippen molar-refractivity contribution in [2.75, 3.05) is 5.73 Å². The highest BCUT2D eigenvalue weighted by Gasteiger charge is 2.12. The Kier molecular flexibility index (Phi) is 1.88. The van der Waals surface area contributed by atoms with Gasteiger partial charge in [0.05, 0.1) is 6.20 Å². The fourth-order valence-corrected chi connectivity index (χ4v) is 0.943. The van der Waals surface area contributed by atoms with Crippen LogP contribution in [0.2, 0.25) is 0 Å². The minimum absolute atomic E-state index is 0.206. The molecule has 0 bridgehead atoms. The second-order valence-corrected chi connectivity index (χ2v) is 2.40. The van der Waals surface area contributed by atoms with Crippen molar-refractivity contribution in [3.05, 3.63) is 6.20 Å². The molecule has 0 unspecified atom stereocenters. The zero-order chi connectivity index (χ0) is 10.1. The third-order valence-electron chi connectivity index (χ3n) is 1.47. The van der Waals surface area contributed by atoms with Crippen LogP contribution in [0.1, 0.15) is 0 Å². The van der Waals surface area contributed by atoms with Gasteiger partial charge < -0.3 is 10.5 Å². The van der Waals surface area contributed by atoms with E-state index < -0.39 is 12.5 Å². The number of hydrogen-bond donors (Lipinski definition) is 2. The number of nitrogens with two attached hydrogens (primary N) is 1. The van der Waals surface area contributed by atoms with Crippen molar-refractivity contribution in [3.63, 3.8) is 0 Å². The van der Waals surface area contributed by atoms with E-state index in [2.05, 4.69) is 24.9 Å². The first-order valence-electron chi connectivity index (χ1n) is 3.58. The van der Waals surface area contributed by atoms with Crippen LogP contribution in [-0.2, 0) is 0 Å². The standard InChI is InChI=1S/C6H5F2N5O/c7-6(8)14-5-3(9)12-4-2(11-5)1-10-13-4/h1,6H,(H3,9,10,12,13). The van der Waals surface area contributed by atoms with Crippen molar-refractivity contribution in [2.45, 2.75) is 6.61 Å². The molecule has 14 heavy (non-hydrogen) atoms. The minimum atomic E-state index is -2.98. The number of aromatic nitrogens is 4. The molecule has 0 aliphatic heterocycles. The maximum atomic E-state index is 11.9. The van der Waals surface area contributed by atoms with Crippen molar-refractivity contribution in [3.8, 4) is 5.88 Å². The van der Waals surface area contributed by atoms with Crippen molar-refractivity contribution < 1.29 is 13.5 Å². The molecule has 2 aromatic rings. The van der Waals surface area contributed by atoms with Gasteiger partial charge in [-0.3, -0.25) is 5.10 Å². The Morgan fingerprint density at radius 3 is 2.93 bits per heavy atom. The van der Waals surface area contributed by atoms with Gasteiger partial charge in [0.2, 0.25) is 0 Å². The number of H-pyrrole nitrogens is 1. The van der Waals surface area contributed by atoms with Crippen LogP contribution in [0.15, 0.2) is 6.20 Å². The number of anilines is 1. The number of rotatable bonds is 2. The average molecular weight is 201 g/mol. The number of nitrogens with zero attached hydrogens (tertiary/aromatic N) is 3. The molecule has 2 heterocycles. The quantitative estimate of drug-likeness (QED) is 0.739. The Balaban J connectivity index is 2.48. The number of hydrogen-bond acceptors (Lipinski definition) is 5. The maximum Gasteiger partial charge on any atom is 0.388 e. The highest BCUT2D eigenvalue weighted by Crippen LogP contribution is 2.20. The predicted octanol–water partition coefficient (Wildman–Crippen LogP) is 0.536. The van der Waals surface area contributed by atoms with Crippen LogP contribution in [0.4, 0.5) is 14.6 Å². The molecule has 8 heteroatoms. The molecule has 0 aliphatic carbocycles. The Labute approximate surface area is 76.1 Å². The lowest BCUT2D eigenvalue weighted by molar-refractivity contribution is -0.0522. The maximum absolute atomic E-state index is 11.9. The van der Waals surface area contributed by atoms with Gasteiger partial charge in [-0.1, -0.05) is 0 Å². The van der Waals surface area contributed by atoms with Gasteiger partial charge in [-0.25, -0.2) is 9.97 Å². The van der Waals surface area contributed by atoms with Gasteiger partial charge in [-0.15, -0.1) is 0 Å². The molecule has 6 nitrogen and oxygen atoms in total. The topological polar surface area (TPSA) is 89.7 Å². The molecule has 0 amide bonds. The summed E-state index contributed by atoms with van der Waals surface area (Å²) in [5.41, 5.74) is 5.95. The highest BCUT2D eigenvalue weighted by atomic mass is 19.3. The van der Waals surface area contributed by atoms with E-state index in [-0.39, 0.29) is 5.82 Å². The molecule has 0 aromatic carbocycles. The number of nitrogen functional groups attached to an aromatic ring is 1. The second-order valence-electron chi connectivity index (χ2n) is 2.40. The molecular formula is C6H5F2N5O. The molecule has 3 N–H and O–H groups in total. The molecule has 0 atom stereocenters. The number of ether oxygens (including phenoxy) is 1. The van der Waals surface area contributed by atoms with Crippen molar-refractivity contribution in [1.29, 1.82) is 0 Å². The summed E-state index contributed by atoms with van der Waals surface area (Å²) >= 11 is 0. The first-order chi connectivity index (χ1) is 6.66. The van der Waals surface area contributed by atoms with Gasteiger partial charge in [0.15, 0.2) is 11.5 Å². The summed E-state index contributed by atoms with van der Waals surface area (Å²) in [6.45, 7) is -2.98. The normalized spacial score (nSPS) is 11.1. The largest absolute Gasteiger partial charge is 0.413 e. The lowest BCUT2D eigenvalue weighted by Crippen LogP contribution is -2.07. The first kappa shape index (κ1) is 8.60. The number of alkyl halides is 2. The van der Waals surface area contributed by atoms with E-state index in [1.54, 1.807) is 0 Å². The Morgan fingerprint density at radius 2 is 2.21 bits per heavy atom. The number of nitrogens with one attached hydrogen (secondary N) is 1. The van der Waals surface area contributed by atoms with E-state index in [4.69, 9.17) is 5.73 Å². The summed E-state index contributed by atoms with van der Waals surface area (Å²) < 4.78 is 27.8. The predicted molar refractivity (Wildman–Crippen MR) is 42.7 cm³/mol. The second kappa shape index (κ2) is 3.05. The first-order valence-corrected chi connectivity index (χ1v) is 3.58. The lowest BCUT2D eigenvalue weighted by atomic mass is 10.5. The molecule has 74 valence electrons. The molecule has 0 saturated heterocycles. The van der Waals surface area contributed by atoms with Gasteiger partial charge >= 0.3 is 6.61 Å². The lowest BCUT2D eigenvalue weighted by Gasteiger charge is -2.04. The van der Waals surface area contributed by atoms with E-state index in [0.717, 1.165) is 0 Å². The Bertz CT molecular complexity index is 456. The molecule has 0 radical (unpaired) electrons. The summed E-state index contributed by atoms with van der Waals surface area (Å²) in [6.07, 6.45) is 1.33. The smallest absolute Gasteiger partial charge is 0.388 e. The van der Waals surface area contributed by atoms with Crippen LogP contribution in [0, 0.1) is 0 Å². The Hall–Kier alpha value is -1.99. The fourth-order valence-electron chi connectivity index (χ4n) is 0.943. The van der Waals surface area contributed by atoms with Crippen molar-refractivity contribution in [2.24, 2.45) is 0 Å². The van der Waals surface area contributed by atoms with E-state index in [9.17, 15) is 8.78 Å². The third-order valence-corrected chi connectivity index (χ3v) is 1.47. The molecular weight excluding hydrogens is 196 g/mol. The van der Waals surface area contributed by atoms with Crippen LogP contribution in [-0.4, -0.2) is 26.8 Å². The Morgan fingerprint density at radius 1 is 1.43 bits per heavy atom. The molecule has 2 aromatic heterocycles. The van der Waals surface area contributed by atoms with Crippen LogP contribution in [0.25, 0.3) is 11.2 Å². The molecule has 0 saturated carbocycles. The van der Waals surface area contributed by atoms with Crippen LogP contribution in [0.5, 0.6) is 5.88 Å². The number of fused-ring (bicyclic) bond motifs is 1. The summed E-state index contributed by atoms with van der Waals surface area (Å²) in [7, 11) is 0. The van der Waals surface area contributed by atoms with E-state index in [0.29, 0.717) is 11.2 Å². The highest BCUT2D eigenvalue weighted by molar-refractivity contribution is 5.71. The van der Waals surface area contributed by atoms with Gasteiger partial charge in [0, 0.05) is 0 Å². The van der Waals surface area contributed by atoms with Gasteiger partial charge in [-0.2, -0.15) is 13.9 Å². The summed E-state index contributed by atoms with van der Waals surface area (Å²) in [5, 5.41) is 6.11. The number of aromatic amines is 1. The van der Waals surface area contributed by atoms with E-state index in [1.165, 1.54) is 6.20 Å². The molecule has 0 aliphatic rings. The average Bonchev–Trinajstić information content (AvgIpc) is 2.51.